The van der Waals surface area contributed by atoms with Crippen molar-refractivity contribution in [2.24, 2.45) is 0 Å². The lowest BCUT2D eigenvalue weighted by atomic mass is 10.00. The van der Waals surface area contributed by atoms with Crippen molar-refractivity contribution in [1.29, 1.82) is 0 Å². The summed E-state index contributed by atoms with van der Waals surface area (Å²) in [7, 11) is 0. The molecule has 2 amide bonds. The topological polar surface area (TPSA) is 61.4 Å². The standard InChI is InChI=1S/C25H24FN3O2/c26-22-10-8-19(9-11-22)25(31)28-23-7-3-6-20(16-23)24(30)27-13-15-29-14-12-18-4-1-2-5-21(18)17-29/h1-11,16H,12-15,17H2,(H,27,30)(H,28,31). The van der Waals surface area contributed by atoms with Crippen molar-refractivity contribution < 1.29 is 14.0 Å². The maximum absolute atomic E-state index is 13.0. The minimum Gasteiger partial charge on any atom is -0.351 e. The zero-order valence-electron chi connectivity index (χ0n) is 17.1. The summed E-state index contributed by atoms with van der Waals surface area (Å²) < 4.78 is 13.0. The molecule has 3 aromatic carbocycles. The highest BCUT2D eigenvalue weighted by molar-refractivity contribution is 6.05. The molecule has 0 radical (unpaired) electrons. The first-order valence-corrected chi connectivity index (χ1v) is 10.3. The van der Waals surface area contributed by atoms with Crippen LogP contribution in [0.5, 0.6) is 0 Å². The fraction of sp³-hybridized carbons (Fsp3) is 0.200. The molecular formula is C25H24FN3O2. The quantitative estimate of drug-likeness (QED) is 0.640. The van der Waals surface area contributed by atoms with E-state index < -0.39 is 5.82 Å². The molecule has 0 unspecified atom stereocenters. The summed E-state index contributed by atoms with van der Waals surface area (Å²) in [5.41, 5.74) is 4.09. The zero-order valence-corrected chi connectivity index (χ0v) is 17.1. The number of amides is 2. The second-order valence-corrected chi connectivity index (χ2v) is 7.59. The fourth-order valence-electron chi connectivity index (χ4n) is 3.72. The third-order valence-electron chi connectivity index (χ3n) is 5.41. The van der Waals surface area contributed by atoms with Gasteiger partial charge in [0.05, 0.1) is 0 Å². The number of nitrogens with one attached hydrogen (secondary N) is 2. The van der Waals surface area contributed by atoms with Gasteiger partial charge in [0.2, 0.25) is 0 Å². The Balaban J connectivity index is 1.29. The Morgan fingerprint density at radius 3 is 2.45 bits per heavy atom. The molecule has 1 aliphatic heterocycles. The Morgan fingerprint density at radius 2 is 1.65 bits per heavy atom. The summed E-state index contributed by atoms with van der Waals surface area (Å²) in [5, 5.41) is 5.69. The molecule has 1 heterocycles. The lowest BCUT2D eigenvalue weighted by Gasteiger charge is -2.28. The van der Waals surface area contributed by atoms with Crippen LogP contribution in [0.15, 0.2) is 72.8 Å². The minimum atomic E-state index is -0.399. The number of anilines is 1. The minimum absolute atomic E-state index is 0.185. The van der Waals surface area contributed by atoms with Crippen LogP contribution in [-0.4, -0.2) is 36.3 Å². The molecule has 31 heavy (non-hydrogen) atoms. The van der Waals surface area contributed by atoms with Gasteiger partial charge in [-0.2, -0.15) is 0 Å². The number of hydrogen-bond acceptors (Lipinski definition) is 3. The van der Waals surface area contributed by atoms with E-state index in [1.807, 2.05) is 0 Å². The number of carbonyl (C=O) groups excluding carboxylic acids is 2. The van der Waals surface area contributed by atoms with Crippen molar-refractivity contribution in [1.82, 2.24) is 10.2 Å². The molecule has 0 atom stereocenters. The number of nitrogens with zero attached hydrogens (tertiary/aromatic N) is 1. The van der Waals surface area contributed by atoms with E-state index in [2.05, 4.69) is 39.8 Å². The van der Waals surface area contributed by atoms with Crippen molar-refractivity contribution in [2.75, 3.05) is 25.0 Å². The predicted molar refractivity (Wildman–Crippen MR) is 119 cm³/mol. The molecule has 0 fully saturated rings. The highest BCUT2D eigenvalue weighted by atomic mass is 19.1. The van der Waals surface area contributed by atoms with Gasteiger partial charge in [0.25, 0.3) is 11.8 Å². The van der Waals surface area contributed by atoms with E-state index in [0.29, 0.717) is 23.4 Å². The summed E-state index contributed by atoms with van der Waals surface area (Å²) in [4.78, 5) is 27.2. The van der Waals surface area contributed by atoms with Crippen LogP contribution < -0.4 is 10.6 Å². The summed E-state index contributed by atoms with van der Waals surface area (Å²) in [5.74, 6) is -0.942. The van der Waals surface area contributed by atoms with Gasteiger partial charge in [-0.05, 0) is 60.0 Å². The van der Waals surface area contributed by atoms with Gasteiger partial charge in [0.15, 0.2) is 0 Å². The molecule has 2 N–H and O–H groups in total. The van der Waals surface area contributed by atoms with Crippen molar-refractivity contribution >= 4 is 17.5 Å². The first-order valence-electron chi connectivity index (χ1n) is 10.3. The third kappa shape index (κ3) is 5.35. The van der Waals surface area contributed by atoms with Crippen LogP contribution in [0.1, 0.15) is 31.8 Å². The maximum Gasteiger partial charge on any atom is 0.255 e. The first kappa shape index (κ1) is 20.8. The van der Waals surface area contributed by atoms with E-state index in [0.717, 1.165) is 26.1 Å². The van der Waals surface area contributed by atoms with Crippen LogP contribution in [0.25, 0.3) is 0 Å². The maximum atomic E-state index is 13.0. The molecule has 0 aromatic heterocycles. The second-order valence-electron chi connectivity index (χ2n) is 7.59. The van der Waals surface area contributed by atoms with E-state index in [1.54, 1.807) is 24.3 Å². The van der Waals surface area contributed by atoms with Gasteiger partial charge in [-0.1, -0.05) is 30.3 Å². The average Bonchev–Trinajstić information content (AvgIpc) is 2.79. The number of rotatable bonds is 6. The van der Waals surface area contributed by atoms with E-state index in [1.165, 1.54) is 35.4 Å². The molecule has 3 aromatic rings. The average molecular weight is 417 g/mol. The summed E-state index contributed by atoms with van der Waals surface area (Å²) in [6, 6.07) is 20.5. The number of hydrogen-bond donors (Lipinski definition) is 2. The molecule has 1 aliphatic rings. The largest absolute Gasteiger partial charge is 0.351 e. The Labute approximate surface area is 180 Å². The molecule has 6 heteroatoms. The van der Waals surface area contributed by atoms with Crippen molar-refractivity contribution in [3.05, 3.63) is 101 Å². The van der Waals surface area contributed by atoms with Gasteiger partial charge in [-0.15, -0.1) is 0 Å². The van der Waals surface area contributed by atoms with E-state index in [-0.39, 0.29) is 11.8 Å². The molecule has 0 saturated carbocycles. The molecule has 4 rings (SSSR count). The van der Waals surface area contributed by atoms with Gasteiger partial charge in [-0.3, -0.25) is 14.5 Å². The first-order chi connectivity index (χ1) is 15.1. The zero-order chi connectivity index (χ0) is 21.6. The van der Waals surface area contributed by atoms with Crippen molar-refractivity contribution in [2.45, 2.75) is 13.0 Å². The second kappa shape index (κ2) is 9.53. The SMILES string of the molecule is O=C(NCCN1CCc2ccccc2C1)c1cccc(NC(=O)c2ccc(F)cc2)c1. The molecule has 0 saturated heterocycles. The van der Waals surface area contributed by atoms with Crippen LogP contribution in [0.4, 0.5) is 10.1 Å². The molecule has 0 spiro atoms. The normalized spacial score (nSPS) is 13.3. The smallest absolute Gasteiger partial charge is 0.255 e. The highest BCUT2D eigenvalue weighted by Crippen LogP contribution is 2.18. The summed E-state index contributed by atoms with van der Waals surface area (Å²) in [6.45, 7) is 3.21. The van der Waals surface area contributed by atoms with Gasteiger partial charge < -0.3 is 10.6 Å². The number of benzene rings is 3. The van der Waals surface area contributed by atoms with Crippen LogP contribution in [-0.2, 0) is 13.0 Å². The van der Waals surface area contributed by atoms with E-state index >= 15 is 0 Å². The van der Waals surface area contributed by atoms with Gasteiger partial charge >= 0.3 is 0 Å². The number of fused-ring (bicyclic) bond motifs is 1. The third-order valence-corrected chi connectivity index (χ3v) is 5.41. The van der Waals surface area contributed by atoms with Gasteiger partial charge in [-0.25, -0.2) is 4.39 Å². The lowest BCUT2D eigenvalue weighted by Crippen LogP contribution is -2.37. The Bertz CT molecular complexity index is 1080. The van der Waals surface area contributed by atoms with Crippen LogP contribution in [0.3, 0.4) is 0 Å². The molecule has 5 nitrogen and oxygen atoms in total. The number of halogens is 1. The number of carbonyl (C=O) groups is 2. The molecule has 0 aliphatic carbocycles. The van der Waals surface area contributed by atoms with Crippen molar-refractivity contribution in [3.63, 3.8) is 0 Å². The summed E-state index contributed by atoms with van der Waals surface area (Å²) >= 11 is 0. The van der Waals surface area contributed by atoms with Crippen LogP contribution in [0, 0.1) is 5.82 Å². The Hall–Kier alpha value is -3.51. The fourth-order valence-corrected chi connectivity index (χ4v) is 3.72. The van der Waals surface area contributed by atoms with Gasteiger partial charge in [0.1, 0.15) is 5.82 Å². The lowest BCUT2D eigenvalue weighted by molar-refractivity contribution is 0.0946. The summed E-state index contributed by atoms with van der Waals surface area (Å²) in [6.07, 6.45) is 1.03. The van der Waals surface area contributed by atoms with Crippen LogP contribution >= 0.6 is 0 Å². The van der Waals surface area contributed by atoms with E-state index in [9.17, 15) is 14.0 Å². The molecule has 158 valence electrons. The monoisotopic (exact) mass is 417 g/mol. The van der Waals surface area contributed by atoms with Crippen molar-refractivity contribution in [3.8, 4) is 0 Å². The molecule has 0 bridgehead atoms. The molecular weight excluding hydrogens is 393 g/mol. The van der Waals surface area contributed by atoms with Gasteiger partial charge in [0, 0.05) is 43.0 Å². The highest BCUT2D eigenvalue weighted by Gasteiger charge is 2.16. The van der Waals surface area contributed by atoms with Crippen LogP contribution in [0.2, 0.25) is 0 Å². The Kier molecular flexibility index (Phi) is 6.38. The predicted octanol–water partition coefficient (Wildman–Crippen LogP) is 3.87. The van der Waals surface area contributed by atoms with E-state index in [4.69, 9.17) is 0 Å². The Morgan fingerprint density at radius 1 is 0.871 bits per heavy atom.